The summed E-state index contributed by atoms with van der Waals surface area (Å²) in [6.07, 6.45) is 5.66. The highest BCUT2D eigenvalue weighted by molar-refractivity contribution is 5.45. The highest BCUT2D eigenvalue weighted by Gasteiger charge is 2.19. The van der Waals surface area contributed by atoms with Crippen LogP contribution in [0.2, 0.25) is 0 Å². The summed E-state index contributed by atoms with van der Waals surface area (Å²) in [5.41, 5.74) is 1.80. The van der Waals surface area contributed by atoms with Crippen LogP contribution in [0.3, 0.4) is 0 Å². The highest BCUT2D eigenvalue weighted by Crippen LogP contribution is 2.38. The van der Waals surface area contributed by atoms with Gasteiger partial charge in [-0.15, -0.1) is 0 Å². The van der Waals surface area contributed by atoms with E-state index in [2.05, 4.69) is 6.92 Å². The van der Waals surface area contributed by atoms with Crippen molar-refractivity contribution in [3.8, 4) is 11.5 Å². The van der Waals surface area contributed by atoms with E-state index in [0.29, 0.717) is 11.5 Å². The summed E-state index contributed by atoms with van der Waals surface area (Å²) in [7, 11) is 0. The zero-order valence-electron chi connectivity index (χ0n) is 12.6. The van der Waals surface area contributed by atoms with Gasteiger partial charge in [0.15, 0.2) is 0 Å². The molecule has 0 aromatic heterocycles. The second-order valence-electron chi connectivity index (χ2n) is 5.52. The van der Waals surface area contributed by atoms with E-state index in [9.17, 15) is 10.2 Å². The SMILES string of the molecule is CCCCCCC(c1ccccc1O)c1ccccc1O. The van der Waals surface area contributed by atoms with Crippen molar-refractivity contribution in [2.24, 2.45) is 0 Å². The maximum Gasteiger partial charge on any atom is 0.119 e. The third-order valence-electron chi connectivity index (χ3n) is 3.97. The van der Waals surface area contributed by atoms with Gasteiger partial charge in [0, 0.05) is 17.0 Å². The number of unbranched alkanes of at least 4 members (excludes halogenated alkanes) is 3. The third kappa shape index (κ3) is 4.01. The molecule has 0 unspecified atom stereocenters. The molecule has 0 aliphatic heterocycles. The fraction of sp³-hybridized carbons (Fsp3) is 0.368. The Bertz CT molecular complexity index is 517. The van der Waals surface area contributed by atoms with E-state index in [4.69, 9.17) is 0 Å². The Balaban J connectivity index is 2.27. The van der Waals surface area contributed by atoms with Gasteiger partial charge in [-0.1, -0.05) is 69.0 Å². The largest absolute Gasteiger partial charge is 0.508 e. The molecule has 0 heterocycles. The first-order valence-corrected chi connectivity index (χ1v) is 7.79. The van der Waals surface area contributed by atoms with Crippen molar-refractivity contribution in [2.45, 2.75) is 44.9 Å². The Hall–Kier alpha value is -1.96. The Morgan fingerprint density at radius 1 is 0.762 bits per heavy atom. The second-order valence-corrected chi connectivity index (χ2v) is 5.52. The standard InChI is InChI=1S/C19H24O2/c1-2-3-4-5-10-15(16-11-6-8-13-18(16)20)17-12-7-9-14-19(17)21/h6-9,11-15,20-21H,2-5,10H2,1H3. The molecule has 2 heteroatoms. The Kier molecular flexibility index (Phi) is 5.68. The lowest BCUT2D eigenvalue weighted by atomic mass is 9.85. The van der Waals surface area contributed by atoms with Gasteiger partial charge >= 0.3 is 0 Å². The molecule has 0 aliphatic carbocycles. The zero-order valence-corrected chi connectivity index (χ0v) is 12.6. The lowest BCUT2D eigenvalue weighted by Gasteiger charge is -2.20. The molecule has 21 heavy (non-hydrogen) atoms. The van der Waals surface area contributed by atoms with E-state index in [1.54, 1.807) is 12.1 Å². The predicted molar refractivity (Wildman–Crippen MR) is 86.8 cm³/mol. The molecule has 0 saturated heterocycles. The predicted octanol–water partition coefficient (Wildman–Crippen LogP) is 5.20. The normalized spacial score (nSPS) is 11.0. The van der Waals surface area contributed by atoms with Crippen LogP contribution in [-0.2, 0) is 0 Å². The first kappa shape index (κ1) is 15.4. The van der Waals surface area contributed by atoms with Gasteiger partial charge in [-0.25, -0.2) is 0 Å². The molecule has 2 nitrogen and oxygen atoms in total. The molecule has 0 bridgehead atoms. The molecule has 0 fully saturated rings. The average Bonchev–Trinajstić information content (AvgIpc) is 2.50. The van der Waals surface area contributed by atoms with Crippen molar-refractivity contribution in [1.82, 2.24) is 0 Å². The van der Waals surface area contributed by atoms with Crippen molar-refractivity contribution in [3.05, 3.63) is 59.7 Å². The number of hydrogen-bond donors (Lipinski definition) is 2. The fourth-order valence-corrected chi connectivity index (χ4v) is 2.82. The van der Waals surface area contributed by atoms with Crippen LogP contribution in [0.25, 0.3) is 0 Å². The van der Waals surface area contributed by atoms with Gasteiger partial charge in [0.2, 0.25) is 0 Å². The molecule has 0 spiro atoms. The topological polar surface area (TPSA) is 40.5 Å². The van der Waals surface area contributed by atoms with Gasteiger partial charge in [0.05, 0.1) is 0 Å². The summed E-state index contributed by atoms with van der Waals surface area (Å²) in [5, 5.41) is 20.3. The van der Waals surface area contributed by atoms with Crippen LogP contribution < -0.4 is 0 Å². The molecule has 112 valence electrons. The number of phenols is 2. The molecule has 0 aliphatic rings. The lowest BCUT2D eigenvalue weighted by Crippen LogP contribution is -2.02. The minimum absolute atomic E-state index is 0.0456. The van der Waals surface area contributed by atoms with E-state index in [1.165, 1.54) is 19.3 Å². The van der Waals surface area contributed by atoms with Gasteiger partial charge in [-0.3, -0.25) is 0 Å². The van der Waals surface area contributed by atoms with Crippen LogP contribution in [0.4, 0.5) is 0 Å². The van der Waals surface area contributed by atoms with Crippen LogP contribution in [0.1, 0.15) is 56.1 Å². The smallest absolute Gasteiger partial charge is 0.119 e. The quantitative estimate of drug-likeness (QED) is 0.686. The third-order valence-corrected chi connectivity index (χ3v) is 3.97. The summed E-state index contributed by atoms with van der Waals surface area (Å²) in [5.74, 6) is 0.659. The number of aromatic hydroxyl groups is 2. The van der Waals surface area contributed by atoms with Gasteiger partial charge in [-0.05, 0) is 18.6 Å². The lowest BCUT2D eigenvalue weighted by molar-refractivity contribution is 0.448. The molecule has 0 atom stereocenters. The van der Waals surface area contributed by atoms with Gasteiger partial charge in [-0.2, -0.15) is 0 Å². The van der Waals surface area contributed by atoms with Crippen LogP contribution in [-0.4, -0.2) is 10.2 Å². The molecule has 2 aromatic rings. The maximum atomic E-state index is 10.2. The Labute approximate surface area is 127 Å². The molecular weight excluding hydrogens is 260 g/mol. The molecule has 0 saturated carbocycles. The summed E-state index contributed by atoms with van der Waals surface area (Å²) < 4.78 is 0. The van der Waals surface area contributed by atoms with E-state index in [1.807, 2.05) is 36.4 Å². The molecule has 2 aromatic carbocycles. The second kappa shape index (κ2) is 7.72. The summed E-state index contributed by atoms with van der Waals surface area (Å²) in [6, 6.07) is 14.9. The van der Waals surface area contributed by atoms with Gasteiger partial charge in [0.25, 0.3) is 0 Å². The molecule has 0 amide bonds. The van der Waals surface area contributed by atoms with Crippen molar-refractivity contribution in [3.63, 3.8) is 0 Å². The summed E-state index contributed by atoms with van der Waals surface area (Å²) >= 11 is 0. The number of hydrogen-bond acceptors (Lipinski definition) is 2. The molecule has 0 radical (unpaired) electrons. The van der Waals surface area contributed by atoms with Crippen molar-refractivity contribution in [1.29, 1.82) is 0 Å². The summed E-state index contributed by atoms with van der Waals surface area (Å²) in [6.45, 7) is 2.20. The molecule has 2 N–H and O–H groups in total. The first-order chi connectivity index (χ1) is 10.2. The van der Waals surface area contributed by atoms with Crippen molar-refractivity contribution < 1.29 is 10.2 Å². The average molecular weight is 284 g/mol. The highest BCUT2D eigenvalue weighted by atomic mass is 16.3. The van der Waals surface area contributed by atoms with Gasteiger partial charge < -0.3 is 10.2 Å². The van der Waals surface area contributed by atoms with Crippen LogP contribution in [0.15, 0.2) is 48.5 Å². The van der Waals surface area contributed by atoms with E-state index in [0.717, 1.165) is 24.0 Å². The number of rotatable bonds is 7. The zero-order chi connectivity index (χ0) is 15.1. The van der Waals surface area contributed by atoms with E-state index < -0.39 is 0 Å². The maximum absolute atomic E-state index is 10.2. The van der Waals surface area contributed by atoms with Crippen molar-refractivity contribution in [2.75, 3.05) is 0 Å². The number of benzene rings is 2. The van der Waals surface area contributed by atoms with Crippen molar-refractivity contribution >= 4 is 0 Å². The van der Waals surface area contributed by atoms with Crippen LogP contribution >= 0.6 is 0 Å². The number of phenolic OH excluding ortho intramolecular Hbond substituents is 2. The fourth-order valence-electron chi connectivity index (χ4n) is 2.82. The number of para-hydroxylation sites is 2. The first-order valence-electron chi connectivity index (χ1n) is 7.79. The minimum atomic E-state index is 0.0456. The minimum Gasteiger partial charge on any atom is -0.508 e. The van der Waals surface area contributed by atoms with E-state index >= 15 is 0 Å². The molecular formula is C19H24O2. The van der Waals surface area contributed by atoms with Crippen LogP contribution in [0.5, 0.6) is 11.5 Å². The van der Waals surface area contributed by atoms with Gasteiger partial charge in [0.1, 0.15) is 11.5 Å². The Morgan fingerprint density at radius 2 is 1.29 bits per heavy atom. The Morgan fingerprint density at radius 3 is 1.76 bits per heavy atom. The molecule has 2 rings (SSSR count). The monoisotopic (exact) mass is 284 g/mol. The van der Waals surface area contributed by atoms with Crippen LogP contribution in [0, 0.1) is 0 Å². The summed E-state index contributed by atoms with van der Waals surface area (Å²) in [4.78, 5) is 0. The van der Waals surface area contributed by atoms with E-state index in [-0.39, 0.29) is 5.92 Å².